The van der Waals surface area contributed by atoms with Crippen molar-refractivity contribution in [3.63, 3.8) is 0 Å². The summed E-state index contributed by atoms with van der Waals surface area (Å²) in [5.74, 6) is 0.189. The Balaban J connectivity index is 2.18. The number of nitrogens with one attached hydrogen (secondary N) is 1. The summed E-state index contributed by atoms with van der Waals surface area (Å²) in [6, 6.07) is 12.1. The number of anilines is 2. The van der Waals surface area contributed by atoms with Crippen molar-refractivity contribution in [3.8, 4) is 5.75 Å². The van der Waals surface area contributed by atoms with Gasteiger partial charge in [-0.25, -0.2) is 8.42 Å². The molecule has 1 N–H and O–H groups in total. The van der Waals surface area contributed by atoms with E-state index >= 15 is 0 Å². The van der Waals surface area contributed by atoms with E-state index in [2.05, 4.69) is 21.2 Å². The average Bonchev–Trinajstić information content (AvgIpc) is 2.54. The summed E-state index contributed by atoms with van der Waals surface area (Å²) in [5, 5.41) is 2.72. The lowest BCUT2D eigenvalue weighted by Gasteiger charge is -2.22. The molecule has 0 fully saturated rings. The highest BCUT2D eigenvalue weighted by molar-refractivity contribution is 9.10. The SMILES string of the molecule is Cc1cc(N(CC(=O)Nc2cccc(OC(C)C)c2)S(C)(=O)=O)ccc1Br. The van der Waals surface area contributed by atoms with E-state index in [1.807, 2.05) is 20.8 Å². The van der Waals surface area contributed by atoms with Gasteiger partial charge in [0.15, 0.2) is 0 Å². The van der Waals surface area contributed by atoms with Crippen LogP contribution in [0.3, 0.4) is 0 Å². The molecule has 1 amide bonds. The summed E-state index contributed by atoms with van der Waals surface area (Å²) in [4.78, 5) is 12.5. The van der Waals surface area contributed by atoms with Crippen LogP contribution in [0, 0.1) is 6.92 Å². The first kappa shape index (κ1) is 21.2. The predicted molar refractivity (Wildman–Crippen MR) is 112 cm³/mol. The van der Waals surface area contributed by atoms with Crippen LogP contribution in [0.15, 0.2) is 46.9 Å². The maximum Gasteiger partial charge on any atom is 0.245 e. The Hall–Kier alpha value is -2.06. The number of halogens is 1. The van der Waals surface area contributed by atoms with Gasteiger partial charge < -0.3 is 10.1 Å². The molecule has 2 rings (SSSR count). The second-order valence-corrected chi connectivity index (χ2v) is 9.21. The molecule has 146 valence electrons. The van der Waals surface area contributed by atoms with Crippen molar-refractivity contribution in [1.29, 1.82) is 0 Å². The molecular formula is C19H23BrN2O4S. The van der Waals surface area contributed by atoms with Crippen LogP contribution in [0.4, 0.5) is 11.4 Å². The number of rotatable bonds is 7. The van der Waals surface area contributed by atoms with Crippen LogP contribution in [0.1, 0.15) is 19.4 Å². The standard InChI is InChI=1S/C19H23BrN2O4S/c1-13(2)26-17-7-5-6-15(11-17)21-19(23)12-22(27(4,24)25)16-8-9-18(20)14(3)10-16/h5-11,13H,12H2,1-4H3,(H,21,23). The highest BCUT2D eigenvalue weighted by Gasteiger charge is 2.21. The molecule has 0 radical (unpaired) electrons. The van der Waals surface area contributed by atoms with Crippen LogP contribution in [0.5, 0.6) is 5.75 Å². The molecule has 0 aliphatic heterocycles. The van der Waals surface area contributed by atoms with Crippen LogP contribution in [-0.4, -0.2) is 33.2 Å². The summed E-state index contributed by atoms with van der Waals surface area (Å²) in [7, 11) is -3.63. The minimum Gasteiger partial charge on any atom is -0.491 e. The van der Waals surface area contributed by atoms with Crippen molar-refractivity contribution in [1.82, 2.24) is 0 Å². The highest BCUT2D eigenvalue weighted by Crippen LogP contribution is 2.25. The second kappa shape index (κ2) is 8.75. The molecule has 2 aromatic rings. The molecule has 0 aliphatic rings. The van der Waals surface area contributed by atoms with E-state index in [0.717, 1.165) is 20.6 Å². The zero-order valence-electron chi connectivity index (χ0n) is 15.7. The van der Waals surface area contributed by atoms with Gasteiger partial charge in [-0.05, 0) is 56.7 Å². The van der Waals surface area contributed by atoms with Crippen LogP contribution in [0.2, 0.25) is 0 Å². The zero-order chi connectivity index (χ0) is 20.2. The maximum absolute atomic E-state index is 12.5. The number of benzene rings is 2. The van der Waals surface area contributed by atoms with E-state index < -0.39 is 15.9 Å². The molecule has 0 heterocycles. The van der Waals surface area contributed by atoms with Gasteiger partial charge >= 0.3 is 0 Å². The second-order valence-electron chi connectivity index (χ2n) is 6.45. The van der Waals surface area contributed by atoms with E-state index in [9.17, 15) is 13.2 Å². The lowest BCUT2D eigenvalue weighted by molar-refractivity contribution is -0.114. The third kappa shape index (κ3) is 6.25. The van der Waals surface area contributed by atoms with Gasteiger partial charge in [0.05, 0.1) is 18.0 Å². The van der Waals surface area contributed by atoms with Gasteiger partial charge in [-0.2, -0.15) is 0 Å². The number of hydrogen-bond acceptors (Lipinski definition) is 4. The topological polar surface area (TPSA) is 75.7 Å². The highest BCUT2D eigenvalue weighted by atomic mass is 79.9. The van der Waals surface area contributed by atoms with Crippen molar-refractivity contribution >= 4 is 43.2 Å². The number of sulfonamides is 1. The number of hydrogen-bond donors (Lipinski definition) is 1. The van der Waals surface area contributed by atoms with Gasteiger partial charge in [-0.15, -0.1) is 0 Å². The third-order valence-corrected chi connectivity index (χ3v) is 5.64. The van der Waals surface area contributed by atoms with Gasteiger partial charge in [0.2, 0.25) is 15.9 Å². The Labute approximate surface area is 168 Å². The van der Waals surface area contributed by atoms with Gasteiger partial charge in [0, 0.05) is 16.2 Å². The van der Waals surface area contributed by atoms with Gasteiger partial charge in [-0.1, -0.05) is 22.0 Å². The van der Waals surface area contributed by atoms with Gasteiger partial charge in [0.25, 0.3) is 0 Å². The van der Waals surface area contributed by atoms with Crippen LogP contribution in [-0.2, 0) is 14.8 Å². The Bertz CT molecular complexity index is 929. The van der Waals surface area contributed by atoms with Gasteiger partial charge in [0.1, 0.15) is 12.3 Å². The van der Waals surface area contributed by atoms with Crippen molar-refractivity contribution in [2.75, 3.05) is 22.4 Å². The van der Waals surface area contributed by atoms with Crippen molar-refractivity contribution in [2.24, 2.45) is 0 Å². The smallest absolute Gasteiger partial charge is 0.245 e. The number of ether oxygens (including phenoxy) is 1. The monoisotopic (exact) mass is 454 g/mol. The summed E-state index contributed by atoms with van der Waals surface area (Å²) >= 11 is 3.39. The maximum atomic E-state index is 12.5. The minimum absolute atomic E-state index is 0.0114. The van der Waals surface area contributed by atoms with Crippen molar-refractivity contribution in [3.05, 3.63) is 52.5 Å². The average molecular weight is 455 g/mol. The van der Waals surface area contributed by atoms with E-state index in [1.54, 1.807) is 42.5 Å². The summed E-state index contributed by atoms with van der Waals surface area (Å²) in [6.07, 6.45) is 1.09. The number of amides is 1. The molecule has 6 nitrogen and oxygen atoms in total. The Morgan fingerprint density at radius 2 is 1.93 bits per heavy atom. The lowest BCUT2D eigenvalue weighted by atomic mass is 10.2. The Kier molecular flexibility index (Phi) is 6.89. The number of carbonyl (C=O) groups is 1. The number of aryl methyl sites for hydroxylation is 1. The Morgan fingerprint density at radius 3 is 2.52 bits per heavy atom. The van der Waals surface area contributed by atoms with E-state index in [-0.39, 0.29) is 12.6 Å². The zero-order valence-corrected chi connectivity index (χ0v) is 18.1. The van der Waals surface area contributed by atoms with Crippen molar-refractivity contribution in [2.45, 2.75) is 26.9 Å². The molecule has 0 bridgehead atoms. The van der Waals surface area contributed by atoms with Crippen LogP contribution >= 0.6 is 15.9 Å². The predicted octanol–water partition coefficient (Wildman–Crippen LogP) is 3.95. The van der Waals surface area contributed by atoms with E-state index in [0.29, 0.717) is 17.1 Å². The summed E-state index contributed by atoms with van der Waals surface area (Å²) in [5.41, 5.74) is 1.85. The van der Waals surface area contributed by atoms with Crippen molar-refractivity contribution < 1.29 is 17.9 Å². The lowest BCUT2D eigenvalue weighted by Crippen LogP contribution is -2.37. The molecule has 27 heavy (non-hydrogen) atoms. The molecule has 0 saturated carbocycles. The number of carbonyl (C=O) groups excluding carboxylic acids is 1. The Morgan fingerprint density at radius 1 is 1.22 bits per heavy atom. The minimum atomic E-state index is -3.63. The number of nitrogens with zero attached hydrogens (tertiary/aromatic N) is 1. The van der Waals surface area contributed by atoms with E-state index in [1.165, 1.54) is 0 Å². The fourth-order valence-electron chi connectivity index (χ4n) is 2.43. The molecule has 0 atom stereocenters. The molecular weight excluding hydrogens is 432 g/mol. The molecule has 0 aromatic heterocycles. The van der Waals surface area contributed by atoms with E-state index in [4.69, 9.17) is 4.74 Å². The first-order valence-corrected chi connectivity index (χ1v) is 11.0. The largest absolute Gasteiger partial charge is 0.491 e. The summed E-state index contributed by atoms with van der Waals surface area (Å²) in [6.45, 7) is 5.36. The van der Waals surface area contributed by atoms with Crippen LogP contribution in [0.25, 0.3) is 0 Å². The molecule has 0 spiro atoms. The first-order valence-electron chi connectivity index (χ1n) is 8.36. The molecule has 2 aromatic carbocycles. The van der Waals surface area contributed by atoms with Gasteiger partial charge in [-0.3, -0.25) is 9.10 Å². The molecule has 0 saturated heterocycles. The fraction of sp³-hybridized carbons (Fsp3) is 0.316. The molecule has 0 unspecified atom stereocenters. The third-order valence-electron chi connectivity index (χ3n) is 3.61. The fourth-order valence-corrected chi connectivity index (χ4v) is 3.53. The van der Waals surface area contributed by atoms with Crippen LogP contribution < -0.4 is 14.4 Å². The molecule has 0 aliphatic carbocycles. The molecule has 8 heteroatoms. The first-order chi connectivity index (χ1) is 12.6. The summed E-state index contributed by atoms with van der Waals surface area (Å²) < 4.78 is 32.0. The quantitative estimate of drug-likeness (QED) is 0.686. The normalized spacial score (nSPS) is 11.3.